The van der Waals surface area contributed by atoms with Crippen molar-refractivity contribution in [1.29, 1.82) is 0 Å². The predicted molar refractivity (Wildman–Crippen MR) is 70.1 cm³/mol. The molecular formula is C14H12N2O5. The lowest BCUT2D eigenvalue weighted by Gasteiger charge is -2.17. The molecular weight excluding hydrogens is 276 g/mol. The summed E-state index contributed by atoms with van der Waals surface area (Å²) in [5.74, 6) is -0.480. The van der Waals surface area contributed by atoms with E-state index in [-0.39, 0.29) is 18.1 Å². The molecule has 1 aromatic carbocycles. The van der Waals surface area contributed by atoms with Crippen molar-refractivity contribution in [1.82, 2.24) is 10.1 Å². The van der Waals surface area contributed by atoms with Crippen molar-refractivity contribution < 1.29 is 24.0 Å². The average molecular weight is 288 g/mol. The van der Waals surface area contributed by atoms with Crippen LogP contribution in [0.5, 0.6) is 5.75 Å². The Morgan fingerprint density at radius 2 is 2.19 bits per heavy atom. The Kier molecular flexibility index (Phi) is 3.31. The van der Waals surface area contributed by atoms with Crippen molar-refractivity contribution in [2.45, 2.75) is 6.54 Å². The summed E-state index contributed by atoms with van der Waals surface area (Å²) in [6.07, 6.45) is 0. The minimum atomic E-state index is -1.17. The van der Waals surface area contributed by atoms with E-state index < -0.39 is 5.97 Å². The number of benzene rings is 1. The number of ether oxygens (including phenoxy) is 1. The van der Waals surface area contributed by atoms with Crippen molar-refractivity contribution in [3.8, 4) is 5.75 Å². The molecule has 3 rings (SSSR count). The first-order chi connectivity index (χ1) is 10.1. The quantitative estimate of drug-likeness (QED) is 0.917. The number of amides is 1. The molecule has 1 aliphatic rings. The second-order valence-electron chi connectivity index (χ2n) is 4.55. The number of hydrogen-bond acceptors (Lipinski definition) is 5. The van der Waals surface area contributed by atoms with Crippen molar-refractivity contribution >= 4 is 11.9 Å². The number of hydrogen-bond donors (Lipinski definition) is 1. The fourth-order valence-electron chi connectivity index (χ4n) is 2.13. The summed E-state index contributed by atoms with van der Waals surface area (Å²) in [7, 11) is 0. The second-order valence-corrected chi connectivity index (χ2v) is 4.55. The fourth-order valence-corrected chi connectivity index (χ4v) is 2.13. The third kappa shape index (κ3) is 2.58. The number of carbonyl (C=O) groups is 2. The Balaban J connectivity index is 1.82. The van der Waals surface area contributed by atoms with Crippen LogP contribution in [0, 0.1) is 0 Å². The van der Waals surface area contributed by atoms with E-state index >= 15 is 0 Å². The van der Waals surface area contributed by atoms with Crippen LogP contribution in [-0.4, -0.2) is 40.2 Å². The van der Waals surface area contributed by atoms with Crippen LogP contribution in [0.4, 0.5) is 0 Å². The maximum Gasteiger partial charge on any atom is 0.358 e. The van der Waals surface area contributed by atoms with Gasteiger partial charge in [0.25, 0.3) is 5.91 Å². The minimum Gasteiger partial charge on any atom is -0.491 e. The lowest BCUT2D eigenvalue weighted by molar-refractivity contribution is 0.0681. The van der Waals surface area contributed by atoms with Gasteiger partial charge in [0.05, 0.1) is 18.7 Å². The zero-order valence-corrected chi connectivity index (χ0v) is 11.0. The summed E-state index contributed by atoms with van der Waals surface area (Å²) in [5, 5.41) is 12.2. The fraction of sp³-hybridized carbons (Fsp3) is 0.214. The summed E-state index contributed by atoms with van der Waals surface area (Å²) in [5.41, 5.74) is 0.303. The number of nitrogens with zero attached hydrogens (tertiary/aromatic N) is 2. The maximum absolute atomic E-state index is 12.4. The third-order valence-electron chi connectivity index (χ3n) is 3.15. The molecule has 7 nitrogen and oxygen atoms in total. The molecule has 1 N–H and O–H groups in total. The molecule has 1 amide bonds. The first-order valence-corrected chi connectivity index (χ1v) is 6.35. The summed E-state index contributed by atoms with van der Waals surface area (Å²) >= 11 is 0. The number of carboxylic acid groups (broad SMARTS) is 1. The van der Waals surface area contributed by atoms with Gasteiger partial charge in [0.1, 0.15) is 12.4 Å². The van der Waals surface area contributed by atoms with Gasteiger partial charge in [-0.2, -0.15) is 0 Å². The molecule has 0 saturated carbocycles. The number of aromatic carboxylic acids is 1. The van der Waals surface area contributed by atoms with Gasteiger partial charge >= 0.3 is 5.97 Å². The van der Waals surface area contributed by atoms with Crippen LogP contribution in [0.15, 0.2) is 34.9 Å². The third-order valence-corrected chi connectivity index (χ3v) is 3.15. The summed E-state index contributed by atoms with van der Waals surface area (Å²) in [6.45, 7) is 0.899. The van der Waals surface area contributed by atoms with Crippen LogP contribution in [0.25, 0.3) is 0 Å². The first-order valence-electron chi connectivity index (χ1n) is 6.35. The molecule has 0 unspecified atom stereocenters. The Morgan fingerprint density at radius 3 is 2.95 bits per heavy atom. The van der Waals surface area contributed by atoms with Gasteiger partial charge in [-0.3, -0.25) is 4.79 Å². The van der Waals surface area contributed by atoms with E-state index in [4.69, 9.17) is 14.4 Å². The van der Waals surface area contributed by atoms with Gasteiger partial charge < -0.3 is 19.3 Å². The summed E-state index contributed by atoms with van der Waals surface area (Å²) in [6, 6.07) is 8.32. The highest BCUT2D eigenvalue weighted by atomic mass is 16.5. The highest BCUT2D eigenvalue weighted by Gasteiger charge is 2.24. The minimum absolute atomic E-state index is 0.150. The number of carbonyl (C=O) groups excluding carboxylic acids is 1. The molecule has 1 aromatic heterocycles. The van der Waals surface area contributed by atoms with Crippen molar-refractivity contribution in [3.05, 3.63) is 47.3 Å². The molecule has 2 heterocycles. The highest BCUT2D eigenvalue weighted by Crippen LogP contribution is 2.23. The molecule has 21 heavy (non-hydrogen) atoms. The number of aromatic nitrogens is 1. The van der Waals surface area contributed by atoms with Crippen LogP contribution in [0.3, 0.4) is 0 Å². The number of rotatable bonds is 3. The van der Waals surface area contributed by atoms with Gasteiger partial charge in [0.15, 0.2) is 11.5 Å². The molecule has 0 spiro atoms. The van der Waals surface area contributed by atoms with E-state index in [2.05, 4.69) is 5.16 Å². The molecule has 7 heteroatoms. The summed E-state index contributed by atoms with van der Waals surface area (Å²) in [4.78, 5) is 24.8. The lowest BCUT2D eigenvalue weighted by Crippen LogP contribution is -2.31. The molecule has 1 aliphatic heterocycles. The van der Waals surface area contributed by atoms with E-state index in [9.17, 15) is 9.59 Å². The van der Waals surface area contributed by atoms with Gasteiger partial charge in [0.2, 0.25) is 0 Å². The number of fused-ring (bicyclic) bond motifs is 1. The Bertz CT molecular complexity index is 694. The number of carboxylic acids is 1. The second kappa shape index (κ2) is 5.28. The molecule has 0 radical (unpaired) electrons. The largest absolute Gasteiger partial charge is 0.491 e. The van der Waals surface area contributed by atoms with Crippen LogP contribution in [0.2, 0.25) is 0 Å². The van der Waals surface area contributed by atoms with Crippen LogP contribution < -0.4 is 4.74 Å². The maximum atomic E-state index is 12.4. The summed E-state index contributed by atoms with van der Waals surface area (Å²) < 4.78 is 10.5. The predicted octanol–water partition coefficient (Wildman–Crippen LogP) is 1.41. The van der Waals surface area contributed by atoms with Gasteiger partial charge in [-0.05, 0) is 12.1 Å². The Hall–Kier alpha value is -2.83. The van der Waals surface area contributed by atoms with Crippen LogP contribution in [0.1, 0.15) is 26.6 Å². The van der Waals surface area contributed by atoms with Crippen LogP contribution >= 0.6 is 0 Å². The van der Waals surface area contributed by atoms with Gasteiger partial charge in [-0.25, -0.2) is 4.79 Å². The van der Waals surface area contributed by atoms with E-state index in [1.807, 2.05) is 0 Å². The Morgan fingerprint density at radius 1 is 1.38 bits per heavy atom. The van der Waals surface area contributed by atoms with Gasteiger partial charge in [0, 0.05) is 6.07 Å². The zero-order chi connectivity index (χ0) is 14.8. The smallest absolute Gasteiger partial charge is 0.358 e. The average Bonchev–Trinajstić information content (AvgIpc) is 2.89. The first kappa shape index (κ1) is 13.2. The van der Waals surface area contributed by atoms with Crippen molar-refractivity contribution in [3.63, 3.8) is 0 Å². The van der Waals surface area contributed by atoms with Crippen molar-refractivity contribution in [2.24, 2.45) is 0 Å². The topological polar surface area (TPSA) is 92.9 Å². The standard InChI is InChI=1S/C14H12N2O5/c17-13-10-3-1-2-4-12(10)20-6-5-16(13)8-9-7-11(14(18)19)15-21-9/h1-4,7H,5-6,8H2,(H,18,19). The van der Waals surface area contributed by atoms with E-state index in [1.54, 1.807) is 24.3 Å². The SMILES string of the molecule is O=C(O)c1cc(CN2CCOc3ccccc3C2=O)on1. The Labute approximate surface area is 119 Å². The molecule has 0 bridgehead atoms. The molecule has 2 aromatic rings. The molecule has 0 saturated heterocycles. The molecule has 0 aliphatic carbocycles. The molecule has 0 atom stereocenters. The number of para-hydroxylation sites is 1. The van der Waals surface area contributed by atoms with Gasteiger partial charge in [-0.1, -0.05) is 17.3 Å². The van der Waals surface area contributed by atoms with E-state index in [0.717, 1.165) is 0 Å². The lowest BCUT2D eigenvalue weighted by atomic mass is 10.2. The van der Waals surface area contributed by atoms with E-state index in [1.165, 1.54) is 11.0 Å². The molecule has 108 valence electrons. The van der Waals surface area contributed by atoms with Crippen LogP contribution in [-0.2, 0) is 6.54 Å². The zero-order valence-electron chi connectivity index (χ0n) is 11.0. The monoisotopic (exact) mass is 288 g/mol. The van der Waals surface area contributed by atoms with E-state index in [0.29, 0.717) is 30.2 Å². The highest BCUT2D eigenvalue weighted by molar-refractivity contribution is 5.97. The van der Waals surface area contributed by atoms with Gasteiger partial charge in [-0.15, -0.1) is 0 Å². The molecule has 0 fully saturated rings. The normalized spacial score (nSPS) is 14.3. The van der Waals surface area contributed by atoms with Crippen molar-refractivity contribution in [2.75, 3.05) is 13.2 Å².